The summed E-state index contributed by atoms with van der Waals surface area (Å²) in [4.78, 5) is 0. The monoisotopic (exact) mass is 211 g/mol. The number of hydrogen-bond acceptors (Lipinski definition) is 3. The quantitative estimate of drug-likeness (QED) is 0.791. The van der Waals surface area contributed by atoms with Crippen LogP contribution < -0.4 is 5.73 Å². The normalized spacial score (nSPS) is 13.5. The minimum absolute atomic E-state index is 0.0437. The predicted molar refractivity (Wildman–Crippen MR) is 60.7 cm³/mol. The second-order valence-electron chi connectivity index (χ2n) is 4.25. The zero-order valence-corrected chi connectivity index (χ0v) is 10.0. The first-order chi connectivity index (χ1) is 6.99. The van der Waals surface area contributed by atoms with E-state index in [-0.39, 0.29) is 12.1 Å². The van der Waals surface area contributed by atoms with Crippen LogP contribution in [0.1, 0.15) is 25.2 Å². The highest BCUT2D eigenvalue weighted by Crippen LogP contribution is 2.05. The van der Waals surface area contributed by atoms with Gasteiger partial charge in [-0.25, -0.2) is 0 Å². The third-order valence-corrected chi connectivity index (χ3v) is 2.21. The molecule has 86 valence electrons. The zero-order valence-electron chi connectivity index (χ0n) is 10.0. The van der Waals surface area contributed by atoms with E-state index in [9.17, 15) is 0 Å². The molecule has 1 aromatic rings. The molecule has 0 aliphatic heterocycles. The first-order valence-electron chi connectivity index (χ1n) is 5.35. The maximum Gasteiger partial charge on any atom is 0.0624 e. The Morgan fingerprint density at radius 3 is 2.67 bits per heavy atom. The van der Waals surface area contributed by atoms with Gasteiger partial charge in [0.25, 0.3) is 0 Å². The molecular formula is C11H21N3O. The summed E-state index contributed by atoms with van der Waals surface area (Å²) in [5.74, 6) is 0. The number of nitrogens with zero attached hydrogens (tertiary/aromatic N) is 2. The number of rotatable bonds is 5. The van der Waals surface area contributed by atoms with Gasteiger partial charge in [-0.05, 0) is 26.8 Å². The number of nitrogens with two attached hydrogens (primary N) is 1. The molecule has 0 amide bonds. The summed E-state index contributed by atoms with van der Waals surface area (Å²) >= 11 is 0. The predicted octanol–water partition coefficient (Wildman–Crippen LogP) is 1.02. The van der Waals surface area contributed by atoms with Crippen LogP contribution in [0.3, 0.4) is 0 Å². The van der Waals surface area contributed by atoms with Gasteiger partial charge in [0.05, 0.1) is 18.4 Å². The molecule has 0 spiro atoms. The van der Waals surface area contributed by atoms with Crippen LogP contribution in [0.4, 0.5) is 0 Å². The van der Waals surface area contributed by atoms with Gasteiger partial charge in [-0.2, -0.15) is 5.10 Å². The Morgan fingerprint density at radius 1 is 1.53 bits per heavy atom. The average molecular weight is 211 g/mol. The van der Waals surface area contributed by atoms with Crippen molar-refractivity contribution >= 4 is 0 Å². The van der Waals surface area contributed by atoms with Crippen molar-refractivity contribution in [3.63, 3.8) is 0 Å². The van der Waals surface area contributed by atoms with Crippen LogP contribution in [0.25, 0.3) is 0 Å². The van der Waals surface area contributed by atoms with Gasteiger partial charge in [-0.15, -0.1) is 0 Å². The molecule has 1 unspecified atom stereocenters. The molecule has 1 atom stereocenters. The van der Waals surface area contributed by atoms with Crippen molar-refractivity contribution < 1.29 is 4.74 Å². The molecule has 0 radical (unpaired) electrons. The van der Waals surface area contributed by atoms with Gasteiger partial charge >= 0.3 is 0 Å². The number of ether oxygens (including phenoxy) is 1. The molecule has 0 fully saturated rings. The SMILES string of the molecule is Cc1cc(CC(N)COC(C)C)n(C)n1. The Labute approximate surface area is 91.4 Å². The van der Waals surface area contributed by atoms with E-state index in [2.05, 4.69) is 11.2 Å². The first-order valence-corrected chi connectivity index (χ1v) is 5.35. The lowest BCUT2D eigenvalue weighted by Crippen LogP contribution is -2.30. The molecule has 0 aliphatic rings. The van der Waals surface area contributed by atoms with E-state index in [1.54, 1.807) is 0 Å². The van der Waals surface area contributed by atoms with Crippen molar-refractivity contribution in [1.29, 1.82) is 0 Å². The lowest BCUT2D eigenvalue weighted by Gasteiger charge is -2.14. The van der Waals surface area contributed by atoms with Crippen molar-refractivity contribution in [3.8, 4) is 0 Å². The van der Waals surface area contributed by atoms with Crippen molar-refractivity contribution in [1.82, 2.24) is 9.78 Å². The van der Waals surface area contributed by atoms with Gasteiger partial charge in [-0.1, -0.05) is 0 Å². The molecule has 0 aliphatic carbocycles. The van der Waals surface area contributed by atoms with Gasteiger partial charge in [0.2, 0.25) is 0 Å². The van der Waals surface area contributed by atoms with Crippen molar-refractivity contribution in [2.24, 2.45) is 12.8 Å². The van der Waals surface area contributed by atoms with Crippen LogP contribution in [-0.4, -0.2) is 28.5 Å². The molecule has 2 N–H and O–H groups in total. The maximum absolute atomic E-state index is 5.97. The smallest absolute Gasteiger partial charge is 0.0624 e. The van der Waals surface area contributed by atoms with Crippen LogP contribution in [0, 0.1) is 6.92 Å². The molecule has 1 heterocycles. The second kappa shape index (κ2) is 5.28. The summed E-state index contributed by atoms with van der Waals surface area (Å²) in [6.07, 6.45) is 1.05. The van der Waals surface area contributed by atoms with Crippen LogP contribution in [0.15, 0.2) is 6.07 Å². The maximum atomic E-state index is 5.97. The van der Waals surface area contributed by atoms with E-state index in [1.165, 1.54) is 0 Å². The zero-order chi connectivity index (χ0) is 11.4. The number of hydrogen-bond donors (Lipinski definition) is 1. The van der Waals surface area contributed by atoms with Gasteiger partial charge in [-0.3, -0.25) is 4.68 Å². The highest BCUT2D eigenvalue weighted by molar-refractivity contribution is 5.09. The molecule has 0 saturated carbocycles. The minimum Gasteiger partial charge on any atom is -0.377 e. The lowest BCUT2D eigenvalue weighted by atomic mass is 10.1. The lowest BCUT2D eigenvalue weighted by molar-refractivity contribution is 0.0681. The van der Waals surface area contributed by atoms with Crippen molar-refractivity contribution in [2.45, 2.75) is 39.3 Å². The summed E-state index contributed by atoms with van der Waals surface area (Å²) in [6.45, 7) is 6.61. The Morgan fingerprint density at radius 2 is 2.20 bits per heavy atom. The van der Waals surface area contributed by atoms with E-state index >= 15 is 0 Å². The summed E-state index contributed by atoms with van der Waals surface area (Å²) in [7, 11) is 1.94. The summed E-state index contributed by atoms with van der Waals surface area (Å²) in [5.41, 5.74) is 8.16. The number of aryl methyl sites for hydroxylation is 2. The van der Waals surface area contributed by atoms with Crippen LogP contribution in [0.2, 0.25) is 0 Å². The summed E-state index contributed by atoms with van der Waals surface area (Å²) in [6, 6.07) is 2.11. The molecule has 15 heavy (non-hydrogen) atoms. The van der Waals surface area contributed by atoms with E-state index in [4.69, 9.17) is 10.5 Å². The largest absolute Gasteiger partial charge is 0.377 e. The molecule has 4 nitrogen and oxygen atoms in total. The fourth-order valence-corrected chi connectivity index (χ4v) is 1.50. The Kier molecular flexibility index (Phi) is 4.29. The van der Waals surface area contributed by atoms with Gasteiger partial charge in [0.1, 0.15) is 0 Å². The van der Waals surface area contributed by atoms with Crippen molar-refractivity contribution in [3.05, 3.63) is 17.5 Å². The topological polar surface area (TPSA) is 53.1 Å². The van der Waals surface area contributed by atoms with E-state index < -0.39 is 0 Å². The minimum atomic E-state index is 0.0437. The molecule has 1 aromatic heterocycles. The third kappa shape index (κ3) is 4.01. The van der Waals surface area contributed by atoms with Gasteiger partial charge < -0.3 is 10.5 Å². The first kappa shape index (κ1) is 12.2. The van der Waals surface area contributed by atoms with E-state index in [1.807, 2.05) is 32.5 Å². The van der Waals surface area contributed by atoms with Crippen molar-refractivity contribution in [2.75, 3.05) is 6.61 Å². The summed E-state index contributed by atoms with van der Waals surface area (Å²) in [5, 5.41) is 4.28. The average Bonchev–Trinajstić information content (AvgIpc) is 2.42. The molecule has 1 rings (SSSR count). The Bertz CT molecular complexity index is 307. The highest BCUT2D eigenvalue weighted by atomic mass is 16.5. The van der Waals surface area contributed by atoms with Crippen LogP contribution in [0.5, 0.6) is 0 Å². The fraction of sp³-hybridized carbons (Fsp3) is 0.727. The fourth-order valence-electron chi connectivity index (χ4n) is 1.50. The van der Waals surface area contributed by atoms with E-state index in [0.717, 1.165) is 17.8 Å². The van der Waals surface area contributed by atoms with Crippen LogP contribution in [-0.2, 0) is 18.2 Å². The molecule has 0 bridgehead atoms. The van der Waals surface area contributed by atoms with E-state index in [0.29, 0.717) is 6.61 Å². The molecule has 0 aromatic carbocycles. The third-order valence-electron chi connectivity index (χ3n) is 2.21. The standard InChI is InChI=1S/C11H21N3O/c1-8(2)15-7-10(12)6-11-5-9(3)13-14(11)4/h5,8,10H,6-7,12H2,1-4H3. The van der Waals surface area contributed by atoms with Gasteiger partial charge in [0, 0.05) is 25.2 Å². The number of aromatic nitrogens is 2. The highest BCUT2D eigenvalue weighted by Gasteiger charge is 2.09. The molecular weight excluding hydrogens is 190 g/mol. The summed E-state index contributed by atoms with van der Waals surface area (Å²) < 4.78 is 7.35. The van der Waals surface area contributed by atoms with Gasteiger partial charge in [0.15, 0.2) is 0 Å². The molecule has 0 saturated heterocycles. The Balaban J connectivity index is 2.44. The van der Waals surface area contributed by atoms with Crippen LogP contribution >= 0.6 is 0 Å². The second-order valence-corrected chi connectivity index (χ2v) is 4.25. The molecule has 4 heteroatoms. The Hall–Kier alpha value is -0.870.